The van der Waals surface area contributed by atoms with E-state index < -0.39 is 8.24 Å². The first-order valence-electron chi connectivity index (χ1n) is 10.2. The summed E-state index contributed by atoms with van der Waals surface area (Å²) in [6.07, 6.45) is 7.77. The Morgan fingerprint density at radius 2 is 1.54 bits per heavy atom. The summed E-state index contributed by atoms with van der Waals surface area (Å²) in [4.78, 5) is 26.8. The number of hydrogen-bond donors (Lipinski definition) is 0. The van der Waals surface area contributed by atoms with Crippen LogP contribution in [0.5, 0.6) is 0 Å². The fraction of sp³-hybridized carbons (Fsp3) is 0.895. The number of carbonyl (C=O) groups excluding carboxylic acids is 2. The molecule has 136 valence electrons. The Balaban J connectivity index is 1.56. The summed E-state index contributed by atoms with van der Waals surface area (Å²) >= 11 is 0. The van der Waals surface area contributed by atoms with Gasteiger partial charge >= 0.3 is 0 Å². The van der Waals surface area contributed by atoms with E-state index in [1.807, 2.05) is 0 Å². The molecule has 0 aromatic rings. The second-order valence-electron chi connectivity index (χ2n) is 8.05. The van der Waals surface area contributed by atoms with E-state index in [0.29, 0.717) is 6.54 Å². The van der Waals surface area contributed by atoms with Crippen LogP contribution in [0.25, 0.3) is 0 Å². The molecule has 3 fully saturated rings. The summed E-state index contributed by atoms with van der Waals surface area (Å²) in [5, 5.41) is 0. The number of nitrogens with zero attached hydrogens (tertiary/aromatic N) is 2. The predicted octanol–water partition coefficient (Wildman–Crippen LogP) is 3.63. The molecule has 0 radical (unpaired) electrons. The number of rotatable bonds is 6. The highest BCUT2D eigenvalue weighted by atomic mass is 28.3. The third-order valence-electron chi connectivity index (χ3n) is 7.05. The number of likely N-dealkylation sites (tertiary alicyclic amines) is 1. The number of amides is 2. The highest BCUT2D eigenvalue weighted by Crippen LogP contribution is 2.38. The molecule has 0 aromatic heterocycles. The minimum absolute atomic E-state index is 0.0148. The summed E-state index contributed by atoms with van der Waals surface area (Å²) < 4.78 is 2.79. The quantitative estimate of drug-likeness (QED) is 0.542. The summed E-state index contributed by atoms with van der Waals surface area (Å²) in [5.41, 5.74) is 0. The van der Waals surface area contributed by atoms with E-state index in [1.165, 1.54) is 37.5 Å². The van der Waals surface area contributed by atoms with Gasteiger partial charge in [0.05, 0.1) is 11.8 Å². The van der Waals surface area contributed by atoms with E-state index >= 15 is 0 Å². The maximum absolute atomic E-state index is 12.6. The maximum atomic E-state index is 12.6. The molecule has 3 aliphatic rings. The number of hydrogen-bond acceptors (Lipinski definition) is 3. The monoisotopic (exact) mass is 350 g/mol. The minimum Gasteiger partial charge on any atom is -0.323 e. The lowest BCUT2D eigenvalue weighted by atomic mass is 9.81. The minimum atomic E-state index is -1.26. The van der Waals surface area contributed by atoms with E-state index in [9.17, 15) is 9.59 Å². The second kappa shape index (κ2) is 7.69. The third kappa shape index (κ3) is 3.21. The van der Waals surface area contributed by atoms with Crippen LogP contribution < -0.4 is 0 Å². The van der Waals surface area contributed by atoms with Crippen LogP contribution in [0.1, 0.15) is 58.8 Å². The van der Waals surface area contributed by atoms with Crippen LogP contribution >= 0.6 is 0 Å². The summed E-state index contributed by atoms with van der Waals surface area (Å²) in [6.45, 7) is 7.71. The molecule has 0 bridgehead atoms. The zero-order valence-corrected chi connectivity index (χ0v) is 16.6. The van der Waals surface area contributed by atoms with Gasteiger partial charge in [-0.1, -0.05) is 33.1 Å². The van der Waals surface area contributed by atoms with Gasteiger partial charge in [-0.25, -0.2) is 0 Å². The van der Waals surface area contributed by atoms with Gasteiger partial charge in [0.15, 0.2) is 0 Å². The summed E-state index contributed by atoms with van der Waals surface area (Å²) in [7, 11) is -1.26. The van der Waals surface area contributed by atoms with Gasteiger partial charge in [0.1, 0.15) is 8.24 Å². The number of carbonyl (C=O) groups is 2. The lowest BCUT2D eigenvalue weighted by molar-refractivity contribution is -0.139. The average molecular weight is 351 g/mol. The molecule has 2 amide bonds. The molecule has 1 aliphatic carbocycles. The zero-order chi connectivity index (χ0) is 17.2. The third-order valence-corrected chi connectivity index (χ3v) is 12.8. The topological polar surface area (TPSA) is 40.6 Å². The zero-order valence-electron chi connectivity index (χ0n) is 15.6. The van der Waals surface area contributed by atoms with Gasteiger partial charge in [-0.3, -0.25) is 14.5 Å². The van der Waals surface area contributed by atoms with Crippen molar-refractivity contribution in [2.45, 2.75) is 76.9 Å². The van der Waals surface area contributed by atoms with Crippen molar-refractivity contribution in [2.75, 3.05) is 19.6 Å². The lowest BCUT2D eigenvalue weighted by Crippen LogP contribution is -2.55. The Labute approximate surface area is 148 Å². The molecule has 3 rings (SSSR count). The highest BCUT2D eigenvalue weighted by Gasteiger charge is 2.47. The fourth-order valence-electron chi connectivity index (χ4n) is 5.42. The number of imide groups is 1. The van der Waals surface area contributed by atoms with Crippen molar-refractivity contribution < 1.29 is 9.59 Å². The Hall–Kier alpha value is -0.683. The Kier molecular flexibility index (Phi) is 5.80. The molecule has 0 aromatic carbocycles. The first-order chi connectivity index (χ1) is 11.6. The van der Waals surface area contributed by atoms with Gasteiger partial charge in [-0.15, -0.1) is 0 Å². The van der Waals surface area contributed by atoms with Crippen molar-refractivity contribution in [3.8, 4) is 0 Å². The van der Waals surface area contributed by atoms with Crippen LogP contribution in [0.4, 0.5) is 0 Å². The first-order valence-corrected chi connectivity index (χ1v) is 12.8. The molecule has 1 saturated carbocycles. The van der Waals surface area contributed by atoms with Crippen LogP contribution in [0, 0.1) is 11.8 Å². The van der Waals surface area contributed by atoms with Gasteiger partial charge in [-0.2, -0.15) is 0 Å². The Bertz CT molecular complexity index is 454. The predicted molar refractivity (Wildman–Crippen MR) is 99.1 cm³/mol. The average Bonchev–Trinajstić information content (AvgIpc) is 2.87. The molecule has 5 heteroatoms. The SMILES string of the molecule is CC[Si]1(CC)CCCCN1CCCN1C(=O)C2CCCCC2C1=O. The molecule has 24 heavy (non-hydrogen) atoms. The molecular weight excluding hydrogens is 316 g/mol. The van der Waals surface area contributed by atoms with Crippen molar-refractivity contribution >= 4 is 20.0 Å². The maximum Gasteiger partial charge on any atom is 0.233 e. The molecule has 4 nitrogen and oxygen atoms in total. The van der Waals surface area contributed by atoms with E-state index in [4.69, 9.17) is 0 Å². The van der Waals surface area contributed by atoms with Gasteiger partial charge in [0, 0.05) is 6.54 Å². The van der Waals surface area contributed by atoms with E-state index in [2.05, 4.69) is 18.4 Å². The van der Waals surface area contributed by atoms with Crippen LogP contribution in [-0.2, 0) is 9.59 Å². The number of fused-ring (bicyclic) bond motifs is 1. The van der Waals surface area contributed by atoms with Gasteiger partial charge < -0.3 is 4.57 Å². The standard InChI is InChI=1S/C19H34N2O2Si/c1-3-24(4-2)15-8-7-12-20(24)13-9-14-21-18(22)16-10-5-6-11-17(16)19(21)23/h16-17H,3-15H2,1-2H3. The summed E-state index contributed by atoms with van der Waals surface area (Å²) in [5.74, 6) is 0.303. The highest BCUT2D eigenvalue weighted by molar-refractivity contribution is 6.77. The van der Waals surface area contributed by atoms with E-state index in [0.717, 1.165) is 38.6 Å². The molecule has 2 atom stereocenters. The Morgan fingerprint density at radius 3 is 2.12 bits per heavy atom. The van der Waals surface area contributed by atoms with Crippen LogP contribution in [0.2, 0.25) is 18.1 Å². The molecule has 2 heterocycles. The van der Waals surface area contributed by atoms with Gasteiger partial charge in [0.2, 0.25) is 11.8 Å². The van der Waals surface area contributed by atoms with E-state index in [1.54, 1.807) is 4.90 Å². The molecule has 0 spiro atoms. The van der Waals surface area contributed by atoms with E-state index in [-0.39, 0.29) is 23.7 Å². The van der Waals surface area contributed by atoms with Crippen molar-refractivity contribution in [1.82, 2.24) is 9.47 Å². The van der Waals surface area contributed by atoms with Crippen LogP contribution in [0.15, 0.2) is 0 Å². The smallest absolute Gasteiger partial charge is 0.233 e. The van der Waals surface area contributed by atoms with Crippen molar-refractivity contribution in [3.05, 3.63) is 0 Å². The molecule has 2 aliphatic heterocycles. The molecule has 0 N–H and O–H groups in total. The molecular formula is C19H34N2O2Si. The molecule has 2 unspecified atom stereocenters. The Morgan fingerprint density at radius 1 is 0.917 bits per heavy atom. The summed E-state index contributed by atoms with van der Waals surface area (Å²) in [6, 6.07) is 4.12. The van der Waals surface area contributed by atoms with Gasteiger partial charge in [-0.05, 0) is 56.9 Å². The van der Waals surface area contributed by atoms with Crippen molar-refractivity contribution in [3.63, 3.8) is 0 Å². The van der Waals surface area contributed by atoms with Gasteiger partial charge in [0.25, 0.3) is 0 Å². The van der Waals surface area contributed by atoms with Crippen molar-refractivity contribution in [1.29, 1.82) is 0 Å². The normalized spacial score (nSPS) is 30.7. The van der Waals surface area contributed by atoms with Crippen molar-refractivity contribution in [2.24, 2.45) is 11.8 Å². The second-order valence-corrected chi connectivity index (χ2v) is 13.1. The largest absolute Gasteiger partial charge is 0.323 e. The van der Waals surface area contributed by atoms with Crippen LogP contribution in [0.3, 0.4) is 0 Å². The molecule has 2 saturated heterocycles. The van der Waals surface area contributed by atoms with Crippen LogP contribution in [-0.4, -0.2) is 49.1 Å². The first kappa shape index (κ1) is 18.1. The lowest BCUT2D eigenvalue weighted by Gasteiger charge is -2.45. The fourth-order valence-corrected chi connectivity index (χ4v) is 10.0.